The van der Waals surface area contributed by atoms with Crippen molar-refractivity contribution in [3.63, 3.8) is 0 Å². The van der Waals surface area contributed by atoms with Gasteiger partial charge < -0.3 is 16.0 Å². The zero-order chi connectivity index (χ0) is 16.8. The molecule has 0 radical (unpaired) electrons. The summed E-state index contributed by atoms with van der Waals surface area (Å²) >= 11 is 0. The second kappa shape index (κ2) is 9.89. The number of rotatable bonds is 7. The van der Waals surface area contributed by atoms with Crippen molar-refractivity contribution in [2.24, 2.45) is 0 Å². The normalized spacial score (nSPS) is 11.4. The maximum Gasteiger partial charge on any atom is 3.00 e. The Hall–Kier alpha value is -1.27. The zero-order valence-corrected chi connectivity index (χ0v) is 17.3. The molecule has 1 aromatic carbocycles. The molecule has 1 atom stereocenters. The Labute approximate surface area is 167 Å². The van der Waals surface area contributed by atoms with E-state index < -0.39 is 0 Å². The monoisotopic (exact) mass is 406 g/mol. The number of nitrogens with zero attached hydrogens (tertiary/aromatic N) is 3. The number of halogens is 1. The topological polar surface area (TPSA) is 59.9 Å². The van der Waals surface area contributed by atoms with Crippen molar-refractivity contribution in [1.82, 2.24) is 15.0 Å². The third-order valence-electron chi connectivity index (χ3n) is 3.27. The van der Waals surface area contributed by atoms with Gasteiger partial charge in [-0.3, -0.25) is 4.98 Å². The van der Waals surface area contributed by atoms with Crippen molar-refractivity contribution >= 4 is 5.95 Å². The Morgan fingerprint density at radius 2 is 2.00 bits per heavy atom. The summed E-state index contributed by atoms with van der Waals surface area (Å²) in [5.41, 5.74) is 0. The molecular weight excluding hydrogens is 384 g/mol. The van der Waals surface area contributed by atoms with E-state index in [9.17, 15) is 4.39 Å². The predicted molar refractivity (Wildman–Crippen MR) is 87.9 cm³/mol. The quantitative estimate of drug-likeness (QED) is 0.713. The fraction of sp³-hybridized carbons (Fsp3) is 0.412. The summed E-state index contributed by atoms with van der Waals surface area (Å²) in [5.74, 6) is 3.11. The maximum atomic E-state index is 13.2. The molecule has 1 unspecified atom stereocenters. The van der Waals surface area contributed by atoms with Gasteiger partial charge in [0.25, 0.3) is 0 Å². The third kappa shape index (κ3) is 6.32. The van der Waals surface area contributed by atoms with Gasteiger partial charge in [-0.05, 0) is 25.5 Å². The second-order valence-corrected chi connectivity index (χ2v) is 5.55. The largest absolute Gasteiger partial charge is 3.00 e. The minimum atomic E-state index is -0.310. The van der Waals surface area contributed by atoms with E-state index in [4.69, 9.17) is 4.74 Å². The van der Waals surface area contributed by atoms with Crippen molar-refractivity contribution in [2.75, 3.05) is 11.9 Å². The molecule has 0 saturated heterocycles. The first-order valence-electron chi connectivity index (χ1n) is 7.66. The molecule has 5 nitrogen and oxygen atoms in total. The summed E-state index contributed by atoms with van der Waals surface area (Å²) in [4.78, 5) is 13.0. The van der Waals surface area contributed by atoms with E-state index >= 15 is 0 Å². The molecule has 24 heavy (non-hydrogen) atoms. The molecule has 1 heterocycles. The Bertz CT molecular complexity index is 654. The van der Waals surface area contributed by atoms with E-state index in [2.05, 4.69) is 20.3 Å². The standard InChI is InChI=1S/C17H22FN4O.Y/c1-5-14(10-23-15-8-6-7-13(18)9-15)21-17-20-12(4)19-16(22-17)11(2)3;/h6-9,14H,5,10H2,1-4H3,(H,19,20,21,22);/q-1;+3. The summed E-state index contributed by atoms with van der Waals surface area (Å²) in [5, 5.41) is 3.26. The van der Waals surface area contributed by atoms with Crippen LogP contribution in [-0.4, -0.2) is 27.6 Å². The van der Waals surface area contributed by atoms with Crippen LogP contribution in [0, 0.1) is 18.7 Å². The van der Waals surface area contributed by atoms with Gasteiger partial charge in [0.15, 0.2) is 0 Å². The maximum absolute atomic E-state index is 13.2. The fourth-order valence-electron chi connectivity index (χ4n) is 1.97. The summed E-state index contributed by atoms with van der Waals surface area (Å²) in [6, 6.07) is 6.13. The molecule has 0 aliphatic carbocycles. The first-order chi connectivity index (χ1) is 11.0. The Morgan fingerprint density at radius 1 is 1.25 bits per heavy atom. The van der Waals surface area contributed by atoms with E-state index in [0.717, 1.165) is 12.3 Å². The van der Waals surface area contributed by atoms with Crippen molar-refractivity contribution in [1.29, 1.82) is 0 Å². The SMILES string of the molecule is CCC(COc1cccc(F)c1)Nc1nc(C)nc([C-](C)C)n1.[Y+3]. The van der Waals surface area contributed by atoms with Crippen molar-refractivity contribution in [3.8, 4) is 5.75 Å². The van der Waals surface area contributed by atoms with Crippen molar-refractivity contribution in [2.45, 2.75) is 40.2 Å². The summed E-state index contributed by atoms with van der Waals surface area (Å²) in [6.07, 6.45) is 0.824. The number of hydrogen-bond donors (Lipinski definition) is 1. The molecule has 1 aromatic heterocycles. The first kappa shape index (κ1) is 20.8. The van der Waals surface area contributed by atoms with Gasteiger partial charge in [-0.2, -0.15) is 18.8 Å². The first-order valence-corrected chi connectivity index (χ1v) is 7.66. The molecule has 0 aliphatic heterocycles. The number of benzene rings is 1. The molecule has 0 amide bonds. The number of hydrogen-bond acceptors (Lipinski definition) is 5. The van der Waals surface area contributed by atoms with E-state index in [1.807, 2.05) is 27.7 Å². The van der Waals surface area contributed by atoms with Crippen LogP contribution >= 0.6 is 0 Å². The molecule has 2 rings (SSSR count). The molecule has 0 fully saturated rings. The predicted octanol–water partition coefficient (Wildman–Crippen LogP) is 3.55. The van der Waals surface area contributed by atoms with Crippen molar-refractivity contribution < 1.29 is 41.8 Å². The molecule has 7 heteroatoms. The molecule has 124 valence electrons. The minimum Gasteiger partial charge on any atom is -0.491 e. The van der Waals surface area contributed by atoms with Gasteiger partial charge in [0.1, 0.15) is 24.0 Å². The zero-order valence-electron chi connectivity index (χ0n) is 14.5. The third-order valence-corrected chi connectivity index (χ3v) is 3.27. The van der Waals surface area contributed by atoms with Crippen LogP contribution in [0.4, 0.5) is 10.3 Å². The molecule has 0 spiro atoms. The van der Waals surface area contributed by atoms with Crippen LogP contribution in [-0.2, 0) is 32.7 Å². The molecular formula is C17H22FN4OY+2. The van der Waals surface area contributed by atoms with Crippen LogP contribution in [0.1, 0.15) is 38.8 Å². The van der Waals surface area contributed by atoms with Crippen molar-refractivity contribution in [3.05, 3.63) is 47.6 Å². The van der Waals surface area contributed by atoms with Gasteiger partial charge in [-0.25, -0.2) is 9.37 Å². The number of anilines is 1. The Balaban J connectivity index is 0.00000288. The second-order valence-electron chi connectivity index (χ2n) is 5.55. The molecule has 0 saturated carbocycles. The molecule has 0 bridgehead atoms. The van der Waals surface area contributed by atoms with Crippen LogP contribution in [0.3, 0.4) is 0 Å². The summed E-state index contributed by atoms with van der Waals surface area (Å²) < 4.78 is 18.8. The average Bonchev–Trinajstić information content (AvgIpc) is 2.51. The molecule has 1 N–H and O–H groups in total. The van der Waals surface area contributed by atoms with Crippen LogP contribution in [0.15, 0.2) is 24.3 Å². The average molecular weight is 406 g/mol. The van der Waals surface area contributed by atoms with Crippen LogP contribution in [0.5, 0.6) is 5.75 Å². The smallest absolute Gasteiger partial charge is 0.491 e. The number of ether oxygens (including phenoxy) is 1. The van der Waals surface area contributed by atoms with Gasteiger partial charge in [0, 0.05) is 11.9 Å². The Morgan fingerprint density at radius 3 is 2.62 bits per heavy atom. The number of aromatic nitrogens is 3. The van der Waals surface area contributed by atoms with E-state index in [-0.39, 0.29) is 44.6 Å². The molecule has 0 aliphatic rings. The minimum absolute atomic E-state index is 0. The van der Waals surface area contributed by atoms with Gasteiger partial charge in [-0.15, -0.1) is 0 Å². The number of aryl methyl sites for hydroxylation is 1. The van der Waals surface area contributed by atoms with E-state index in [0.29, 0.717) is 30.0 Å². The van der Waals surface area contributed by atoms with Crippen LogP contribution in [0.25, 0.3) is 0 Å². The van der Waals surface area contributed by atoms with Gasteiger partial charge >= 0.3 is 32.7 Å². The van der Waals surface area contributed by atoms with Crippen LogP contribution in [0.2, 0.25) is 0 Å². The van der Waals surface area contributed by atoms with E-state index in [1.54, 1.807) is 12.1 Å². The van der Waals surface area contributed by atoms with Gasteiger partial charge in [0.05, 0.1) is 6.04 Å². The van der Waals surface area contributed by atoms with Gasteiger partial charge in [0.2, 0.25) is 5.95 Å². The number of nitrogens with one attached hydrogen (secondary N) is 1. The van der Waals surface area contributed by atoms with Gasteiger partial charge in [-0.1, -0.05) is 13.0 Å². The Kier molecular flexibility index (Phi) is 8.56. The summed E-state index contributed by atoms with van der Waals surface area (Å²) in [6.45, 7) is 8.20. The van der Waals surface area contributed by atoms with Crippen LogP contribution < -0.4 is 10.1 Å². The van der Waals surface area contributed by atoms with E-state index in [1.165, 1.54) is 12.1 Å². The molecule has 2 aromatic rings. The fourth-order valence-corrected chi connectivity index (χ4v) is 1.97. The summed E-state index contributed by atoms with van der Waals surface area (Å²) in [7, 11) is 0.